The molecule has 0 aliphatic carbocycles. The van der Waals surface area contributed by atoms with Gasteiger partial charge in [-0.15, -0.1) is 5.10 Å². The number of benzene rings is 1. The van der Waals surface area contributed by atoms with Gasteiger partial charge in [0.05, 0.1) is 0 Å². The van der Waals surface area contributed by atoms with Crippen molar-refractivity contribution in [2.45, 2.75) is 52.1 Å². The SMILES string of the molecule is CC(C)CCC(C)NC(=O)C(Cc1ccccc1)n1cnnn1. The molecule has 2 aromatic rings. The van der Waals surface area contributed by atoms with Crippen molar-refractivity contribution in [1.82, 2.24) is 25.5 Å². The predicted octanol–water partition coefficient (Wildman–Crippen LogP) is 2.40. The summed E-state index contributed by atoms with van der Waals surface area (Å²) >= 11 is 0. The average Bonchev–Trinajstić information content (AvgIpc) is 3.05. The molecule has 0 radical (unpaired) electrons. The molecule has 0 aliphatic rings. The Hall–Kier alpha value is -2.24. The van der Waals surface area contributed by atoms with Crippen LogP contribution in [0.3, 0.4) is 0 Å². The Morgan fingerprint density at radius 3 is 2.52 bits per heavy atom. The molecule has 124 valence electrons. The van der Waals surface area contributed by atoms with Crippen LogP contribution in [0.25, 0.3) is 0 Å². The molecule has 0 bridgehead atoms. The maximum Gasteiger partial charge on any atom is 0.245 e. The van der Waals surface area contributed by atoms with Crippen molar-refractivity contribution in [3.05, 3.63) is 42.2 Å². The third-order valence-electron chi connectivity index (χ3n) is 3.82. The van der Waals surface area contributed by atoms with Crippen molar-refractivity contribution < 1.29 is 4.79 Å². The van der Waals surface area contributed by atoms with Gasteiger partial charge >= 0.3 is 0 Å². The molecule has 1 amide bonds. The molecule has 0 saturated carbocycles. The smallest absolute Gasteiger partial charge is 0.245 e. The molecule has 1 heterocycles. The molecule has 1 aromatic heterocycles. The molecule has 1 N–H and O–H groups in total. The van der Waals surface area contributed by atoms with Crippen LogP contribution in [0.4, 0.5) is 0 Å². The summed E-state index contributed by atoms with van der Waals surface area (Å²) in [5, 5.41) is 14.3. The van der Waals surface area contributed by atoms with E-state index in [4.69, 9.17) is 0 Å². The molecule has 0 aliphatic heterocycles. The van der Waals surface area contributed by atoms with Crippen LogP contribution in [-0.2, 0) is 11.2 Å². The highest BCUT2D eigenvalue weighted by atomic mass is 16.2. The molecule has 0 fully saturated rings. The number of hydrogen-bond acceptors (Lipinski definition) is 4. The van der Waals surface area contributed by atoms with Crippen LogP contribution in [-0.4, -0.2) is 32.2 Å². The second-order valence-electron chi connectivity index (χ2n) is 6.38. The normalized spacial score (nSPS) is 13.7. The molecular weight excluding hydrogens is 290 g/mol. The van der Waals surface area contributed by atoms with E-state index in [-0.39, 0.29) is 11.9 Å². The van der Waals surface area contributed by atoms with Gasteiger partial charge in [-0.3, -0.25) is 4.79 Å². The number of tetrazole rings is 1. The van der Waals surface area contributed by atoms with Crippen LogP contribution in [0, 0.1) is 5.92 Å². The zero-order valence-electron chi connectivity index (χ0n) is 14.0. The van der Waals surface area contributed by atoms with Gasteiger partial charge in [-0.25, -0.2) is 4.68 Å². The minimum absolute atomic E-state index is 0.0441. The van der Waals surface area contributed by atoms with Crippen LogP contribution in [0.1, 0.15) is 45.2 Å². The monoisotopic (exact) mass is 315 g/mol. The number of carbonyl (C=O) groups excluding carboxylic acids is 1. The Morgan fingerprint density at radius 1 is 1.17 bits per heavy atom. The van der Waals surface area contributed by atoms with Crippen molar-refractivity contribution in [1.29, 1.82) is 0 Å². The number of nitrogens with one attached hydrogen (secondary N) is 1. The number of rotatable bonds is 8. The lowest BCUT2D eigenvalue weighted by Gasteiger charge is -2.20. The van der Waals surface area contributed by atoms with E-state index in [9.17, 15) is 4.79 Å². The number of hydrogen-bond donors (Lipinski definition) is 1. The van der Waals surface area contributed by atoms with Gasteiger partial charge in [-0.05, 0) is 41.7 Å². The van der Waals surface area contributed by atoms with Crippen LogP contribution in [0.15, 0.2) is 36.7 Å². The van der Waals surface area contributed by atoms with E-state index in [1.165, 1.54) is 11.0 Å². The minimum Gasteiger partial charge on any atom is -0.352 e. The molecule has 2 rings (SSSR count). The highest BCUT2D eigenvalue weighted by Gasteiger charge is 2.23. The van der Waals surface area contributed by atoms with Gasteiger partial charge in [0.25, 0.3) is 0 Å². The minimum atomic E-state index is -0.436. The number of aromatic nitrogens is 4. The van der Waals surface area contributed by atoms with Crippen molar-refractivity contribution in [2.75, 3.05) is 0 Å². The lowest BCUT2D eigenvalue weighted by Crippen LogP contribution is -2.39. The Kier molecular flexibility index (Phi) is 6.26. The lowest BCUT2D eigenvalue weighted by molar-refractivity contribution is -0.125. The molecule has 2 atom stereocenters. The van der Waals surface area contributed by atoms with Gasteiger partial charge in [0.15, 0.2) is 0 Å². The van der Waals surface area contributed by atoms with Crippen molar-refractivity contribution in [2.24, 2.45) is 5.92 Å². The molecule has 0 saturated heterocycles. The zero-order valence-corrected chi connectivity index (χ0v) is 14.0. The molecular formula is C17H25N5O. The van der Waals surface area contributed by atoms with E-state index >= 15 is 0 Å². The Bertz CT molecular complexity index is 582. The summed E-state index contributed by atoms with van der Waals surface area (Å²) in [6, 6.07) is 9.61. The summed E-state index contributed by atoms with van der Waals surface area (Å²) in [5.41, 5.74) is 1.08. The van der Waals surface area contributed by atoms with Gasteiger partial charge in [-0.1, -0.05) is 44.2 Å². The van der Waals surface area contributed by atoms with E-state index < -0.39 is 6.04 Å². The van der Waals surface area contributed by atoms with E-state index in [2.05, 4.69) is 34.7 Å². The zero-order chi connectivity index (χ0) is 16.7. The first-order valence-electron chi connectivity index (χ1n) is 8.13. The second kappa shape index (κ2) is 8.41. The first kappa shape index (κ1) is 17.1. The van der Waals surface area contributed by atoms with Gasteiger partial charge in [-0.2, -0.15) is 0 Å². The predicted molar refractivity (Wildman–Crippen MR) is 88.7 cm³/mol. The van der Waals surface area contributed by atoms with Crippen molar-refractivity contribution in [3.8, 4) is 0 Å². The van der Waals surface area contributed by atoms with Gasteiger partial charge in [0, 0.05) is 12.5 Å². The van der Waals surface area contributed by atoms with Crippen LogP contribution < -0.4 is 5.32 Å². The van der Waals surface area contributed by atoms with Gasteiger partial charge < -0.3 is 5.32 Å². The lowest BCUT2D eigenvalue weighted by atomic mass is 10.0. The summed E-state index contributed by atoms with van der Waals surface area (Å²) in [5.74, 6) is 0.589. The fraction of sp³-hybridized carbons (Fsp3) is 0.529. The summed E-state index contributed by atoms with van der Waals surface area (Å²) < 4.78 is 1.53. The quantitative estimate of drug-likeness (QED) is 0.812. The molecule has 0 spiro atoms. The molecule has 23 heavy (non-hydrogen) atoms. The van der Waals surface area contributed by atoms with Crippen LogP contribution in [0.5, 0.6) is 0 Å². The van der Waals surface area contributed by atoms with Gasteiger partial charge in [0.1, 0.15) is 12.4 Å². The number of carbonyl (C=O) groups is 1. The first-order valence-corrected chi connectivity index (χ1v) is 8.13. The standard InChI is InChI=1S/C17H25N5O/c1-13(2)9-10-14(3)19-17(23)16(22-12-18-20-21-22)11-15-7-5-4-6-8-15/h4-8,12-14,16H,9-11H2,1-3H3,(H,19,23). The fourth-order valence-corrected chi connectivity index (χ4v) is 2.45. The van der Waals surface area contributed by atoms with E-state index in [1.54, 1.807) is 0 Å². The van der Waals surface area contributed by atoms with Crippen molar-refractivity contribution >= 4 is 5.91 Å². The molecule has 2 unspecified atom stereocenters. The average molecular weight is 315 g/mol. The van der Waals surface area contributed by atoms with E-state index in [0.29, 0.717) is 12.3 Å². The third kappa shape index (κ3) is 5.47. The Balaban J connectivity index is 2.03. The number of amides is 1. The van der Waals surface area contributed by atoms with Gasteiger partial charge in [0.2, 0.25) is 5.91 Å². The Labute approximate surface area is 137 Å². The molecule has 6 heteroatoms. The first-order chi connectivity index (χ1) is 11.1. The van der Waals surface area contributed by atoms with Crippen molar-refractivity contribution in [3.63, 3.8) is 0 Å². The summed E-state index contributed by atoms with van der Waals surface area (Å²) in [6.07, 6.45) is 4.12. The summed E-state index contributed by atoms with van der Waals surface area (Å²) in [7, 11) is 0. The highest BCUT2D eigenvalue weighted by molar-refractivity contribution is 5.80. The fourth-order valence-electron chi connectivity index (χ4n) is 2.45. The van der Waals surface area contributed by atoms with Crippen LogP contribution in [0.2, 0.25) is 0 Å². The largest absolute Gasteiger partial charge is 0.352 e. The topological polar surface area (TPSA) is 72.7 Å². The van der Waals surface area contributed by atoms with E-state index in [0.717, 1.165) is 18.4 Å². The summed E-state index contributed by atoms with van der Waals surface area (Å²) in [4.78, 5) is 12.7. The molecule has 6 nitrogen and oxygen atoms in total. The molecule has 1 aromatic carbocycles. The van der Waals surface area contributed by atoms with E-state index in [1.807, 2.05) is 37.3 Å². The second-order valence-corrected chi connectivity index (χ2v) is 6.38. The maximum absolute atomic E-state index is 12.7. The van der Waals surface area contributed by atoms with Crippen LogP contribution >= 0.6 is 0 Å². The summed E-state index contributed by atoms with van der Waals surface area (Å²) in [6.45, 7) is 6.42. The maximum atomic E-state index is 12.7. The Morgan fingerprint density at radius 2 is 1.91 bits per heavy atom. The highest BCUT2D eigenvalue weighted by Crippen LogP contribution is 2.14. The third-order valence-corrected chi connectivity index (χ3v) is 3.82. The number of nitrogens with zero attached hydrogens (tertiary/aromatic N) is 4.